The molecular formula is C44H40N4O12P2. The lowest BCUT2D eigenvalue weighted by molar-refractivity contribution is 0.0724. The van der Waals surface area contributed by atoms with Crippen molar-refractivity contribution >= 4 is 39.9 Å². The number of aromatic nitrogens is 4. The molecule has 4 unspecified atom stereocenters. The molecule has 16 nitrogen and oxygen atoms in total. The van der Waals surface area contributed by atoms with Crippen molar-refractivity contribution in [2.45, 2.75) is 31.5 Å². The van der Waals surface area contributed by atoms with Crippen LogP contribution in [0.15, 0.2) is 104 Å². The monoisotopic (exact) mass is 878 g/mol. The van der Waals surface area contributed by atoms with Crippen molar-refractivity contribution in [3.05, 3.63) is 131 Å². The fourth-order valence-corrected chi connectivity index (χ4v) is 7.11. The van der Waals surface area contributed by atoms with Gasteiger partial charge < -0.3 is 42.6 Å². The van der Waals surface area contributed by atoms with Crippen LogP contribution in [0.25, 0.3) is 5.76 Å². The second-order valence-electron chi connectivity index (χ2n) is 13.9. The van der Waals surface area contributed by atoms with Crippen molar-refractivity contribution in [1.82, 2.24) is 20.4 Å². The molecule has 2 aromatic heterocycles. The van der Waals surface area contributed by atoms with Crippen LogP contribution >= 0.6 is 16.4 Å². The third-order valence-electron chi connectivity index (χ3n) is 9.06. The van der Waals surface area contributed by atoms with Crippen molar-refractivity contribution in [2.75, 3.05) is 39.6 Å². The first-order chi connectivity index (χ1) is 30.3. The van der Waals surface area contributed by atoms with Gasteiger partial charge in [0, 0.05) is 6.42 Å². The summed E-state index contributed by atoms with van der Waals surface area (Å²) in [7, 11) is -0.461. The summed E-state index contributed by atoms with van der Waals surface area (Å²) in [6, 6.07) is 27.8. The number of hydrogen-bond donors (Lipinski definition) is 0. The summed E-state index contributed by atoms with van der Waals surface area (Å²) in [6.07, 6.45) is 1.94. The Morgan fingerprint density at radius 1 is 0.516 bits per heavy atom. The lowest BCUT2D eigenvalue weighted by atomic mass is 10.1. The summed E-state index contributed by atoms with van der Waals surface area (Å²) >= 11 is 0. The number of nitrogens with zero attached hydrogens (tertiary/aromatic N) is 4. The van der Waals surface area contributed by atoms with E-state index in [-0.39, 0.29) is 62.8 Å². The van der Waals surface area contributed by atoms with Crippen molar-refractivity contribution in [2.24, 2.45) is 0 Å². The van der Waals surface area contributed by atoms with E-state index < -0.39 is 11.9 Å². The molecule has 2 aliphatic heterocycles. The van der Waals surface area contributed by atoms with Crippen LogP contribution in [-0.2, 0) is 15.9 Å². The van der Waals surface area contributed by atoms with Crippen LogP contribution in [0.2, 0.25) is 0 Å². The molecular weight excluding hydrogens is 838 g/mol. The summed E-state index contributed by atoms with van der Waals surface area (Å²) in [5.74, 6) is 2.72. The second kappa shape index (κ2) is 20.3. The molecule has 0 N–H and O–H groups in total. The van der Waals surface area contributed by atoms with Crippen LogP contribution in [0.4, 0.5) is 0 Å². The van der Waals surface area contributed by atoms with Crippen LogP contribution in [0.5, 0.6) is 40.2 Å². The first kappa shape index (κ1) is 42.1. The van der Waals surface area contributed by atoms with E-state index in [1.807, 2.05) is 24.3 Å². The third kappa shape index (κ3) is 12.5. The predicted molar refractivity (Wildman–Crippen MR) is 227 cm³/mol. The number of ether oxygens (including phenoxy) is 9. The molecule has 0 radical (unpaired) electrons. The van der Waals surface area contributed by atoms with Crippen LogP contribution in [0.1, 0.15) is 54.5 Å². The van der Waals surface area contributed by atoms with Gasteiger partial charge in [0.2, 0.25) is 0 Å². The Kier molecular flexibility index (Phi) is 13.8. The van der Waals surface area contributed by atoms with Crippen molar-refractivity contribution in [3.8, 4) is 40.2 Å². The molecule has 62 heavy (non-hydrogen) atoms. The zero-order chi connectivity index (χ0) is 42.7. The molecule has 4 aromatic carbocycles. The Bertz CT molecular complexity index is 2290. The molecule has 0 amide bonds. The number of esters is 2. The largest absolute Gasteiger partial charge is 0.494 e. The quantitative estimate of drug-likeness (QED) is 0.0159. The zero-order valence-electron chi connectivity index (χ0n) is 33.2. The maximum atomic E-state index is 12.9. The molecule has 8 rings (SSSR count). The number of epoxide rings is 2. The molecule has 318 valence electrons. The molecule has 6 aromatic rings. The third-order valence-corrected chi connectivity index (χ3v) is 11.4. The van der Waals surface area contributed by atoms with Gasteiger partial charge in [-0.2, -0.15) is 0 Å². The number of carbonyl (C=O) groups excluding carboxylic acids is 3. The van der Waals surface area contributed by atoms with E-state index in [9.17, 15) is 14.4 Å². The van der Waals surface area contributed by atoms with E-state index in [0.29, 0.717) is 85.3 Å². The Morgan fingerprint density at radius 3 is 1.35 bits per heavy atom. The number of benzene rings is 4. The van der Waals surface area contributed by atoms with Gasteiger partial charge in [0.1, 0.15) is 76.5 Å². The Hall–Kier alpha value is -6.57. The number of unbranched alkanes of at least 4 members (excludes halogenated alkanes) is 1. The SMILES string of the molecule is C=C(Oc1ccc(OCCCCOc2ccc(CC(=O)c3nnc(C(=O)Oc4ccc(OCC5CO5)cc4)[pH]3)cc2)cc1)c1nnc(C(=O)Oc2ccc(OCC3CO3)cc2)[pH]1. The minimum atomic E-state index is -0.651. The highest BCUT2D eigenvalue weighted by Crippen LogP contribution is 2.29. The number of Topliss-reactive ketones (excluding diaryl/α,β-unsaturated/α-hetero) is 1. The first-order valence-electron chi connectivity index (χ1n) is 19.6. The average Bonchev–Trinajstić information content (AvgIpc) is 4.20. The fraction of sp³-hybridized carbons (Fsp3) is 0.250. The van der Waals surface area contributed by atoms with Crippen LogP contribution < -0.4 is 33.2 Å². The fourth-order valence-electron chi connectivity index (χ4n) is 5.54. The van der Waals surface area contributed by atoms with Crippen LogP contribution in [-0.4, -0.2) is 90.0 Å². The lowest BCUT2D eigenvalue weighted by Crippen LogP contribution is -2.08. The Morgan fingerprint density at radius 2 is 0.887 bits per heavy atom. The van der Waals surface area contributed by atoms with E-state index in [4.69, 9.17) is 42.6 Å². The molecule has 18 heteroatoms. The van der Waals surface area contributed by atoms with Crippen molar-refractivity contribution in [3.63, 3.8) is 0 Å². The van der Waals surface area contributed by atoms with Gasteiger partial charge in [-0.15, -0.1) is 20.4 Å². The normalized spacial score (nSPS) is 15.2. The highest BCUT2D eigenvalue weighted by Gasteiger charge is 2.24. The molecule has 0 bridgehead atoms. The second-order valence-corrected chi connectivity index (χ2v) is 16.3. The molecule has 0 aliphatic carbocycles. The number of rotatable bonds is 23. The summed E-state index contributed by atoms with van der Waals surface area (Å²) in [5.41, 5.74) is 1.72. The highest BCUT2D eigenvalue weighted by atomic mass is 31.0. The minimum Gasteiger partial charge on any atom is -0.494 e. The molecule has 0 saturated carbocycles. The van der Waals surface area contributed by atoms with Gasteiger partial charge in [-0.1, -0.05) is 35.1 Å². The predicted octanol–water partition coefficient (Wildman–Crippen LogP) is 7.04. The molecule has 2 fully saturated rings. The van der Waals surface area contributed by atoms with Crippen LogP contribution in [0, 0.1) is 0 Å². The maximum absolute atomic E-state index is 12.9. The van der Waals surface area contributed by atoms with Crippen molar-refractivity contribution in [1.29, 1.82) is 0 Å². The molecule has 2 saturated heterocycles. The van der Waals surface area contributed by atoms with E-state index in [1.165, 1.54) is 0 Å². The van der Waals surface area contributed by atoms with Gasteiger partial charge in [0.05, 0.1) is 26.4 Å². The van der Waals surface area contributed by atoms with E-state index in [1.54, 1.807) is 72.8 Å². The molecule has 4 heterocycles. The topological polar surface area (TPSA) is 192 Å². The molecule has 0 spiro atoms. The van der Waals surface area contributed by atoms with Crippen molar-refractivity contribution < 1.29 is 57.0 Å². The van der Waals surface area contributed by atoms with E-state index >= 15 is 0 Å². The van der Waals surface area contributed by atoms with Gasteiger partial charge >= 0.3 is 11.9 Å². The number of carbonyl (C=O) groups is 3. The average molecular weight is 879 g/mol. The summed E-state index contributed by atoms with van der Waals surface area (Å²) in [5, 5.41) is 15.9. The van der Waals surface area contributed by atoms with Gasteiger partial charge in [-0.05, 0) is 103 Å². The van der Waals surface area contributed by atoms with Gasteiger partial charge in [0.15, 0.2) is 22.4 Å². The number of hydrogen-bond acceptors (Lipinski definition) is 16. The van der Waals surface area contributed by atoms with Gasteiger partial charge in [-0.3, -0.25) is 4.79 Å². The summed E-state index contributed by atoms with van der Waals surface area (Å²) in [6.45, 7) is 7.32. The smallest absolute Gasteiger partial charge is 0.368 e. The Balaban J connectivity index is 0.690. The van der Waals surface area contributed by atoms with Gasteiger partial charge in [-0.25, -0.2) is 9.59 Å². The minimum absolute atomic E-state index is 0.0922. The maximum Gasteiger partial charge on any atom is 0.368 e. The summed E-state index contributed by atoms with van der Waals surface area (Å²) < 4.78 is 49.9. The highest BCUT2D eigenvalue weighted by molar-refractivity contribution is 7.34. The van der Waals surface area contributed by atoms with Gasteiger partial charge in [0.25, 0.3) is 0 Å². The lowest BCUT2D eigenvalue weighted by Gasteiger charge is -2.10. The number of ketones is 1. The first-order valence-corrected chi connectivity index (χ1v) is 21.6. The molecule has 4 atom stereocenters. The summed E-state index contributed by atoms with van der Waals surface area (Å²) in [4.78, 5) is 38.2. The van der Waals surface area contributed by atoms with E-state index in [0.717, 1.165) is 18.4 Å². The zero-order valence-corrected chi connectivity index (χ0v) is 35.2. The van der Waals surface area contributed by atoms with E-state index in [2.05, 4.69) is 27.0 Å². The Labute approximate surface area is 358 Å². The molecule has 2 aliphatic rings. The van der Waals surface area contributed by atoms with Crippen LogP contribution in [0.3, 0.4) is 0 Å². The standard InChI is InChI=1S/C44H40N4O12P2/c1-27(39-45-47-41(61-39)43(50)59-34-16-10-31(11-17-34)54-23-36-25-56-36)58-33-14-8-30(9-15-33)53-21-3-2-20-52-29-6-4-28(5-7-29)22-38(49)40-46-48-42(62-40)44(51)60-35-18-12-32(13-19-35)55-24-37-26-57-37/h4-19,36-37,61-62H,1-3,20-26H2.